The Morgan fingerprint density at radius 2 is 1.85 bits per heavy atom. The molecule has 20 heavy (non-hydrogen) atoms. The smallest absolute Gasteiger partial charge is 0.212 e. The fourth-order valence-electron chi connectivity index (χ4n) is 2.08. The van der Waals surface area contributed by atoms with Crippen LogP contribution in [0.5, 0.6) is 0 Å². The summed E-state index contributed by atoms with van der Waals surface area (Å²) in [5.74, 6) is 0.151. The molecule has 1 N–H and O–H groups in total. The van der Waals surface area contributed by atoms with E-state index in [4.69, 9.17) is 0 Å². The molecule has 0 amide bonds. The van der Waals surface area contributed by atoms with Gasteiger partial charge in [0.15, 0.2) is 0 Å². The molecule has 0 radical (unpaired) electrons. The Balaban J connectivity index is 1.93. The van der Waals surface area contributed by atoms with E-state index in [1.54, 1.807) is 18.2 Å². The van der Waals surface area contributed by atoms with E-state index in [2.05, 4.69) is 4.72 Å². The molecule has 6 nitrogen and oxygen atoms in total. The molecule has 1 aliphatic rings. The molecule has 1 fully saturated rings. The van der Waals surface area contributed by atoms with Crippen LogP contribution in [0.3, 0.4) is 0 Å². The average Bonchev–Trinajstić information content (AvgIpc) is 2.41. The molecule has 0 bridgehead atoms. The predicted molar refractivity (Wildman–Crippen MR) is 76.2 cm³/mol. The summed E-state index contributed by atoms with van der Waals surface area (Å²) in [6.07, 6.45) is 1.50. The van der Waals surface area contributed by atoms with Gasteiger partial charge in [-0.15, -0.1) is 0 Å². The summed E-state index contributed by atoms with van der Waals surface area (Å²) >= 11 is 0. The molecule has 8 heteroatoms. The summed E-state index contributed by atoms with van der Waals surface area (Å²) in [6, 6.07) is 8.02. The molecule has 2 rings (SSSR count). The minimum Gasteiger partial charge on any atom is -0.212 e. The average molecular weight is 318 g/mol. The van der Waals surface area contributed by atoms with Crippen LogP contribution in [-0.2, 0) is 20.0 Å². The van der Waals surface area contributed by atoms with Gasteiger partial charge in [0.05, 0.1) is 10.6 Å². The Morgan fingerprint density at radius 3 is 2.50 bits per heavy atom. The third-order valence-corrected chi connectivity index (χ3v) is 6.59. The van der Waals surface area contributed by atoms with Gasteiger partial charge in [-0.1, -0.05) is 18.2 Å². The van der Waals surface area contributed by atoms with Gasteiger partial charge in [-0.25, -0.2) is 25.9 Å². The van der Waals surface area contributed by atoms with Gasteiger partial charge in [-0.3, -0.25) is 0 Å². The van der Waals surface area contributed by atoms with Crippen molar-refractivity contribution in [2.24, 2.45) is 0 Å². The number of nitrogens with one attached hydrogen (secondary N) is 1. The van der Waals surface area contributed by atoms with Crippen molar-refractivity contribution in [3.8, 4) is 0 Å². The van der Waals surface area contributed by atoms with Crippen LogP contribution in [-0.4, -0.2) is 46.5 Å². The van der Waals surface area contributed by atoms with Crippen LogP contribution in [0.2, 0.25) is 0 Å². The highest BCUT2D eigenvalue weighted by molar-refractivity contribution is 7.89. The van der Waals surface area contributed by atoms with Gasteiger partial charge in [0.25, 0.3) is 0 Å². The molecule has 112 valence electrons. The van der Waals surface area contributed by atoms with E-state index in [0.29, 0.717) is 13.0 Å². The van der Waals surface area contributed by atoms with Gasteiger partial charge in [-0.2, -0.15) is 0 Å². The maximum absolute atomic E-state index is 12.0. The van der Waals surface area contributed by atoms with E-state index in [0.717, 1.165) is 6.42 Å². The first-order valence-corrected chi connectivity index (χ1v) is 9.54. The summed E-state index contributed by atoms with van der Waals surface area (Å²) in [6.45, 7) is 0.722. The Hall–Kier alpha value is -0.960. The minimum atomic E-state index is -3.57. The lowest BCUT2D eigenvalue weighted by atomic mass is 10.3. The maximum atomic E-state index is 12.0. The van der Waals surface area contributed by atoms with E-state index < -0.39 is 20.0 Å². The van der Waals surface area contributed by atoms with Crippen molar-refractivity contribution in [2.45, 2.75) is 17.7 Å². The van der Waals surface area contributed by atoms with Crippen LogP contribution < -0.4 is 4.72 Å². The first-order valence-electron chi connectivity index (χ1n) is 6.44. The SMILES string of the molecule is O=S(=O)(NCCN1CCCCS1(=O)=O)c1ccccc1. The number of hydrogen-bond donors (Lipinski definition) is 1. The largest absolute Gasteiger partial charge is 0.240 e. The van der Waals surface area contributed by atoms with E-state index in [-0.39, 0.29) is 23.7 Å². The number of benzene rings is 1. The third-order valence-electron chi connectivity index (χ3n) is 3.16. The lowest BCUT2D eigenvalue weighted by Gasteiger charge is -2.26. The molecule has 1 saturated heterocycles. The molecule has 1 heterocycles. The van der Waals surface area contributed by atoms with Crippen molar-refractivity contribution in [3.05, 3.63) is 30.3 Å². The Morgan fingerprint density at radius 1 is 1.15 bits per heavy atom. The van der Waals surface area contributed by atoms with Crippen LogP contribution in [0, 0.1) is 0 Å². The Labute approximate surface area is 119 Å². The van der Waals surface area contributed by atoms with Gasteiger partial charge in [0.2, 0.25) is 20.0 Å². The quantitative estimate of drug-likeness (QED) is 0.851. The first kappa shape index (κ1) is 15.4. The molecule has 1 aliphatic heterocycles. The van der Waals surface area contributed by atoms with E-state index in [1.807, 2.05) is 0 Å². The zero-order valence-corrected chi connectivity index (χ0v) is 12.7. The number of hydrogen-bond acceptors (Lipinski definition) is 4. The van der Waals surface area contributed by atoms with Crippen molar-refractivity contribution in [2.75, 3.05) is 25.4 Å². The fraction of sp³-hybridized carbons (Fsp3) is 0.500. The van der Waals surface area contributed by atoms with E-state index >= 15 is 0 Å². The van der Waals surface area contributed by atoms with Crippen molar-refractivity contribution in [3.63, 3.8) is 0 Å². The molecule has 0 spiro atoms. The molecule has 0 atom stereocenters. The zero-order chi connectivity index (χ0) is 14.6. The molecular weight excluding hydrogens is 300 g/mol. The van der Waals surface area contributed by atoms with Crippen molar-refractivity contribution in [1.29, 1.82) is 0 Å². The van der Waals surface area contributed by atoms with E-state index in [1.165, 1.54) is 16.4 Å². The van der Waals surface area contributed by atoms with Gasteiger partial charge in [0, 0.05) is 19.6 Å². The highest BCUT2D eigenvalue weighted by atomic mass is 32.2. The molecule has 0 aliphatic carbocycles. The van der Waals surface area contributed by atoms with Crippen molar-refractivity contribution in [1.82, 2.24) is 9.03 Å². The van der Waals surface area contributed by atoms with Gasteiger partial charge in [-0.05, 0) is 25.0 Å². The highest BCUT2D eigenvalue weighted by Crippen LogP contribution is 2.13. The first-order chi connectivity index (χ1) is 9.42. The van der Waals surface area contributed by atoms with Crippen LogP contribution in [0.15, 0.2) is 35.2 Å². The summed E-state index contributed by atoms with van der Waals surface area (Å²) in [7, 11) is -6.78. The highest BCUT2D eigenvalue weighted by Gasteiger charge is 2.25. The second-order valence-corrected chi connectivity index (χ2v) is 8.49. The normalized spacial score (nSPS) is 19.8. The topological polar surface area (TPSA) is 83.6 Å². The second kappa shape index (κ2) is 6.21. The predicted octanol–water partition coefficient (Wildman–Crippen LogP) is 0.390. The minimum absolute atomic E-state index is 0.0798. The van der Waals surface area contributed by atoms with Gasteiger partial charge in [0.1, 0.15) is 0 Å². The van der Waals surface area contributed by atoms with Crippen LogP contribution in [0.25, 0.3) is 0 Å². The summed E-state index contributed by atoms with van der Waals surface area (Å²) < 4.78 is 51.2. The molecular formula is C12H18N2O4S2. The summed E-state index contributed by atoms with van der Waals surface area (Å²) in [5.41, 5.74) is 0. The molecule has 1 aromatic rings. The monoisotopic (exact) mass is 318 g/mol. The lowest BCUT2D eigenvalue weighted by molar-refractivity contribution is 0.386. The molecule has 0 saturated carbocycles. The van der Waals surface area contributed by atoms with Gasteiger partial charge >= 0.3 is 0 Å². The summed E-state index contributed by atoms with van der Waals surface area (Å²) in [4.78, 5) is 0.182. The number of sulfonamides is 2. The molecule has 1 aromatic carbocycles. The third kappa shape index (κ3) is 3.78. The Bertz CT molecular complexity index is 641. The standard InChI is InChI=1S/C12H18N2O4S2/c15-19(16)11-5-4-9-14(19)10-8-13-20(17,18)12-6-2-1-3-7-12/h1-3,6-7,13H,4-5,8-11H2. The van der Waals surface area contributed by atoms with Crippen molar-refractivity contribution >= 4 is 20.0 Å². The van der Waals surface area contributed by atoms with E-state index in [9.17, 15) is 16.8 Å². The second-order valence-electron chi connectivity index (χ2n) is 4.63. The van der Waals surface area contributed by atoms with Crippen LogP contribution >= 0.6 is 0 Å². The van der Waals surface area contributed by atoms with Crippen LogP contribution in [0.4, 0.5) is 0 Å². The fourth-order valence-corrected chi connectivity index (χ4v) is 4.73. The van der Waals surface area contributed by atoms with Crippen molar-refractivity contribution < 1.29 is 16.8 Å². The zero-order valence-electron chi connectivity index (χ0n) is 11.0. The number of nitrogens with zero attached hydrogens (tertiary/aromatic N) is 1. The van der Waals surface area contributed by atoms with Crippen LogP contribution in [0.1, 0.15) is 12.8 Å². The molecule has 0 aromatic heterocycles. The number of rotatable bonds is 5. The van der Waals surface area contributed by atoms with Gasteiger partial charge < -0.3 is 0 Å². The lowest BCUT2D eigenvalue weighted by Crippen LogP contribution is -2.42. The Kier molecular flexibility index (Phi) is 4.79. The summed E-state index contributed by atoms with van der Waals surface area (Å²) in [5, 5.41) is 0. The molecule has 0 unspecified atom stereocenters. The maximum Gasteiger partial charge on any atom is 0.240 e.